The SMILES string of the molecule is COc1ccccc1NS(=O)(=O)c1cccc(NC(=O)CCc2nc(-c3ccccc3)no2)c1. The summed E-state index contributed by atoms with van der Waals surface area (Å²) in [5.74, 6) is 0.876. The van der Waals surface area contributed by atoms with Gasteiger partial charge in [0.1, 0.15) is 5.75 Å². The number of aryl methyl sites for hydroxylation is 1. The van der Waals surface area contributed by atoms with Crippen LogP contribution in [0.15, 0.2) is 88.3 Å². The van der Waals surface area contributed by atoms with Crippen LogP contribution in [0, 0.1) is 0 Å². The smallest absolute Gasteiger partial charge is 0.262 e. The van der Waals surface area contributed by atoms with Gasteiger partial charge in [-0.1, -0.05) is 53.7 Å². The summed E-state index contributed by atoms with van der Waals surface area (Å²) in [6.45, 7) is 0. The van der Waals surface area contributed by atoms with Crippen LogP contribution in [0.5, 0.6) is 5.75 Å². The summed E-state index contributed by atoms with van der Waals surface area (Å²) in [7, 11) is -2.44. The first kappa shape index (κ1) is 23.0. The van der Waals surface area contributed by atoms with Crippen molar-refractivity contribution in [3.63, 3.8) is 0 Å². The molecule has 4 aromatic rings. The first-order valence-electron chi connectivity index (χ1n) is 10.4. The summed E-state index contributed by atoms with van der Waals surface area (Å²) in [5, 5.41) is 6.64. The third-order valence-corrected chi connectivity index (χ3v) is 6.21. The van der Waals surface area contributed by atoms with Crippen LogP contribution >= 0.6 is 0 Å². The maximum atomic E-state index is 12.8. The lowest BCUT2D eigenvalue weighted by Crippen LogP contribution is -2.15. The van der Waals surface area contributed by atoms with Crippen molar-refractivity contribution < 1.29 is 22.5 Å². The van der Waals surface area contributed by atoms with Crippen LogP contribution in [0.2, 0.25) is 0 Å². The molecule has 0 fully saturated rings. The highest BCUT2D eigenvalue weighted by Crippen LogP contribution is 2.27. The first-order valence-corrected chi connectivity index (χ1v) is 11.9. The van der Waals surface area contributed by atoms with Gasteiger partial charge >= 0.3 is 0 Å². The number of anilines is 2. The van der Waals surface area contributed by atoms with Crippen LogP contribution in [0.4, 0.5) is 11.4 Å². The number of nitrogens with one attached hydrogen (secondary N) is 2. The van der Waals surface area contributed by atoms with E-state index in [0.29, 0.717) is 28.8 Å². The number of amides is 1. The Hall–Kier alpha value is -4.18. The summed E-state index contributed by atoms with van der Waals surface area (Å²) in [4.78, 5) is 16.7. The normalized spacial score (nSPS) is 11.1. The van der Waals surface area contributed by atoms with E-state index in [1.165, 1.54) is 19.2 Å². The Morgan fingerprint density at radius 3 is 2.56 bits per heavy atom. The molecular formula is C24H22N4O5S. The molecule has 0 aliphatic rings. The Labute approximate surface area is 196 Å². The number of sulfonamides is 1. The standard InChI is InChI=1S/C24H22N4O5S/c1-32-21-13-6-5-12-20(21)28-34(30,31)19-11-7-10-18(16-19)25-22(29)14-15-23-26-24(27-33-23)17-8-3-2-4-9-17/h2-13,16,28H,14-15H2,1H3,(H,25,29). The first-order chi connectivity index (χ1) is 16.4. The van der Waals surface area contributed by atoms with Gasteiger partial charge in [-0.3, -0.25) is 9.52 Å². The Kier molecular flexibility index (Phi) is 6.88. The second-order valence-electron chi connectivity index (χ2n) is 7.26. The van der Waals surface area contributed by atoms with Gasteiger partial charge in [-0.05, 0) is 30.3 Å². The number of para-hydroxylation sites is 2. The number of hydrogen-bond acceptors (Lipinski definition) is 7. The third kappa shape index (κ3) is 5.59. The Morgan fingerprint density at radius 2 is 1.76 bits per heavy atom. The number of aromatic nitrogens is 2. The van der Waals surface area contributed by atoms with Gasteiger partial charge in [-0.15, -0.1) is 0 Å². The van der Waals surface area contributed by atoms with Crippen LogP contribution < -0.4 is 14.8 Å². The van der Waals surface area contributed by atoms with Crippen molar-refractivity contribution >= 4 is 27.3 Å². The molecule has 0 aliphatic carbocycles. The van der Waals surface area contributed by atoms with Gasteiger partial charge in [0.25, 0.3) is 10.0 Å². The van der Waals surface area contributed by atoms with Crippen LogP contribution in [0.3, 0.4) is 0 Å². The number of methoxy groups -OCH3 is 1. The maximum Gasteiger partial charge on any atom is 0.262 e. The second-order valence-corrected chi connectivity index (χ2v) is 8.94. The fraction of sp³-hybridized carbons (Fsp3) is 0.125. The lowest BCUT2D eigenvalue weighted by Gasteiger charge is -2.12. The highest BCUT2D eigenvalue weighted by molar-refractivity contribution is 7.92. The summed E-state index contributed by atoms with van der Waals surface area (Å²) < 4.78 is 38.6. The van der Waals surface area contributed by atoms with Crippen molar-refractivity contribution in [1.82, 2.24) is 10.1 Å². The fourth-order valence-corrected chi connectivity index (χ4v) is 4.29. The summed E-state index contributed by atoms with van der Waals surface area (Å²) in [5.41, 5.74) is 1.49. The zero-order chi connectivity index (χ0) is 24.0. The largest absolute Gasteiger partial charge is 0.495 e. The Balaban J connectivity index is 1.38. The zero-order valence-corrected chi connectivity index (χ0v) is 19.1. The molecular weight excluding hydrogens is 456 g/mol. The number of nitrogens with zero attached hydrogens (tertiary/aromatic N) is 2. The van der Waals surface area contributed by atoms with Crippen molar-refractivity contribution in [2.75, 3.05) is 17.1 Å². The lowest BCUT2D eigenvalue weighted by atomic mass is 10.2. The molecule has 1 heterocycles. The van der Waals surface area contributed by atoms with E-state index in [1.807, 2.05) is 30.3 Å². The third-order valence-electron chi connectivity index (χ3n) is 4.85. The second kappa shape index (κ2) is 10.2. The topological polar surface area (TPSA) is 123 Å². The molecule has 4 rings (SSSR count). The van der Waals surface area contributed by atoms with Crippen molar-refractivity contribution in [3.05, 3.63) is 84.8 Å². The molecule has 2 N–H and O–H groups in total. The minimum atomic E-state index is -3.90. The molecule has 0 bridgehead atoms. The van der Waals surface area contributed by atoms with Crippen LogP contribution in [-0.2, 0) is 21.2 Å². The monoisotopic (exact) mass is 478 g/mol. The molecule has 0 saturated carbocycles. The molecule has 0 aliphatic heterocycles. The van der Waals surface area contributed by atoms with E-state index in [9.17, 15) is 13.2 Å². The number of carbonyl (C=O) groups is 1. The Morgan fingerprint density at radius 1 is 1.00 bits per heavy atom. The van der Waals surface area contributed by atoms with E-state index in [-0.39, 0.29) is 23.6 Å². The summed E-state index contributed by atoms with van der Waals surface area (Å²) in [6, 6.07) is 22.1. The molecule has 0 radical (unpaired) electrons. The molecule has 3 aromatic carbocycles. The van der Waals surface area contributed by atoms with E-state index in [1.54, 1.807) is 36.4 Å². The van der Waals surface area contributed by atoms with Gasteiger partial charge in [0.05, 0.1) is 17.7 Å². The number of carbonyl (C=O) groups excluding carboxylic acids is 1. The maximum absolute atomic E-state index is 12.8. The zero-order valence-electron chi connectivity index (χ0n) is 18.3. The Bertz CT molecular complexity index is 1390. The molecule has 1 amide bonds. The molecule has 0 spiro atoms. The molecule has 9 nitrogen and oxygen atoms in total. The number of ether oxygens (including phenoxy) is 1. The predicted molar refractivity (Wildman–Crippen MR) is 127 cm³/mol. The summed E-state index contributed by atoms with van der Waals surface area (Å²) >= 11 is 0. The van der Waals surface area contributed by atoms with E-state index >= 15 is 0 Å². The number of rotatable bonds is 9. The lowest BCUT2D eigenvalue weighted by molar-refractivity contribution is -0.116. The highest BCUT2D eigenvalue weighted by atomic mass is 32.2. The van der Waals surface area contributed by atoms with Gasteiger partial charge in [0.2, 0.25) is 17.6 Å². The van der Waals surface area contributed by atoms with Gasteiger partial charge in [-0.2, -0.15) is 4.98 Å². The summed E-state index contributed by atoms with van der Waals surface area (Å²) in [6.07, 6.45) is 0.339. The van der Waals surface area contributed by atoms with Gasteiger partial charge < -0.3 is 14.6 Å². The molecule has 0 saturated heterocycles. The quantitative estimate of drug-likeness (QED) is 0.371. The molecule has 34 heavy (non-hydrogen) atoms. The van der Waals surface area contributed by atoms with Crippen molar-refractivity contribution in [2.45, 2.75) is 17.7 Å². The minimum Gasteiger partial charge on any atom is -0.495 e. The number of benzene rings is 3. The van der Waals surface area contributed by atoms with E-state index in [4.69, 9.17) is 9.26 Å². The molecule has 174 valence electrons. The van der Waals surface area contributed by atoms with Crippen molar-refractivity contribution in [1.29, 1.82) is 0 Å². The van der Waals surface area contributed by atoms with Crippen molar-refractivity contribution in [2.24, 2.45) is 0 Å². The minimum absolute atomic E-state index is 0.000565. The fourth-order valence-electron chi connectivity index (χ4n) is 3.18. The number of hydrogen-bond donors (Lipinski definition) is 2. The average molecular weight is 479 g/mol. The molecule has 0 atom stereocenters. The van der Waals surface area contributed by atoms with Crippen LogP contribution in [0.25, 0.3) is 11.4 Å². The van der Waals surface area contributed by atoms with E-state index in [0.717, 1.165) is 5.56 Å². The van der Waals surface area contributed by atoms with E-state index < -0.39 is 10.0 Å². The van der Waals surface area contributed by atoms with Crippen molar-refractivity contribution in [3.8, 4) is 17.1 Å². The highest BCUT2D eigenvalue weighted by Gasteiger charge is 2.17. The predicted octanol–water partition coefficient (Wildman–Crippen LogP) is 4.12. The average Bonchev–Trinajstić information content (AvgIpc) is 3.33. The molecule has 10 heteroatoms. The van der Waals surface area contributed by atoms with Gasteiger partial charge in [0.15, 0.2) is 0 Å². The van der Waals surface area contributed by atoms with Crippen LogP contribution in [-0.4, -0.2) is 31.6 Å². The van der Waals surface area contributed by atoms with Gasteiger partial charge in [-0.25, -0.2) is 8.42 Å². The van der Waals surface area contributed by atoms with Gasteiger partial charge in [0, 0.05) is 24.1 Å². The van der Waals surface area contributed by atoms with E-state index in [2.05, 4.69) is 20.2 Å². The molecule has 0 unspecified atom stereocenters. The van der Waals surface area contributed by atoms with Crippen LogP contribution in [0.1, 0.15) is 12.3 Å². The molecule has 1 aromatic heterocycles.